The van der Waals surface area contributed by atoms with Gasteiger partial charge in [-0.2, -0.15) is 0 Å². The number of esters is 1. The number of hydrogen-bond donors (Lipinski definition) is 1. The predicted molar refractivity (Wildman–Crippen MR) is 108 cm³/mol. The van der Waals surface area contributed by atoms with Gasteiger partial charge in [0.25, 0.3) is 5.91 Å². The maximum absolute atomic E-state index is 12.5. The number of carbonyl (C=O) groups excluding carboxylic acids is 2. The van der Waals surface area contributed by atoms with Gasteiger partial charge in [-0.15, -0.1) is 11.8 Å². The molecule has 2 aromatic rings. The Balaban J connectivity index is 1.55. The highest BCUT2D eigenvalue weighted by Gasteiger charge is 2.30. The van der Waals surface area contributed by atoms with Crippen molar-refractivity contribution < 1.29 is 14.3 Å². The summed E-state index contributed by atoms with van der Waals surface area (Å²) in [7, 11) is 0. The molecule has 27 heavy (non-hydrogen) atoms. The molecular weight excluding hydrogens is 358 g/mol. The second-order valence-electron chi connectivity index (χ2n) is 6.91. The third-order valence-corrected chi connectivity index (χ3v) is 5.56. The Morgan fingerprint density at radius 3 is 2.52 bits per heavy atom. The van der Waals surface area contributed by atoms with Crippen LogP contribution in [0.15, 0.2) is 53.4 Å². The van der Waals surface area contributed by atoms with Gasteiger partial charge >= 0.3 is 5.97 Å². The quantitative estimate of drug-likeness (QED) is 0.544. The highest BCUT2D eigenvalue weighted by molar-refractivity contribution is 7.99. The van der Waals surface area contributed by atoms with E-state index in [1.165, 1.54) is 11.1 Å². The molecular formula is C22H25NO3S. The van der Waals surface area contributed by atoms with Crippen molar-refractivity contribution in [3.63, 3.8) is 0 Å². The molecule has 0 bridgehead atoms. The highest BCUT2D eigenvalue weighted by atomic mass is 32.2. The standard InChI is InChI=1S/C22H25NO3S/c1-15-8-11-19(14-16(15)2)27-13-12-20(24)26-21(17-6-4-3-5-7-17)22(25)23-18-9-10-18/h3-8,11,14,18,21H,9-10,12-13H2,1-2H3,(H,23,25)/t21-/m0/s1. The van der Waals surface area contributed by atoms with Gasteiger partial charge in [-0.3, -0.25) is 9.59 Å². The zero-order valence-electron chi connectivity index (χ0n) is 15.7. The van der Waals surface area contributed by atoms with Crippen molar-refractivity contribution in [1.82, 2.24) is 5.32 Å². The van der Waals surface area contributed by atoms with Crippen LogP contribution < -0.4 is 5.32 Å². The van der Waals surface area contributed by atoms with Gasteiger partial charge in [0.15, 0.2) is 0 Å². The second-order valence-corrected chi connectivity index (χ2v) is 8.08. The normalized spacial score (nSPS) is 14.4. The van der Waals surface area contributed by atoms with E-state index in [-0.39, 0.29) is 24.3 Å². The topological polar surface area (TPSA) is 55.4 Å². The minimum absolute atomic E-state index is 0.225. The first kappa shape index (κ1) is 19.5. The SMILES string of the molecule is Cc1ccc(SCCC(=O)O[C@H](C(=O)NC2CC2)c2ccccc2)cc1C. The number of aryl methyl sites for hydroxylation is 2. The Kier molecular flexibility index (Phi) is 6.56. The van der Waals surface area contributed by atoms with Crippen LogP contribution in [0.25, 0.3) is 0 Å². The van der Waals surface area contributed by atoms with Gasteiger partial charge in [0.05, 0.1) is 6.42 Å². The number of amides is 1. The van der Waals surface area contributed by atoms with E-state index in [2.05, 4.69) is 37.4 Å². The van der Waals surface area contributed by atoms with Crippen LogP contribution in [0.3, 0.4) is 0 Å². The smallest absolute Gasteiger partial charge is 0.307 e. The zero-order valence-corrected chi connectivity index (χ0v) is 16.6. The molecule has 142 valence electrons. The molecule has 0 heterocycles. The number of nitrogens with one attached hydrogen (secondary N) is 1. The van der Waals surface area contributed by atoms with E-state index < -0.39 is 6.10 Å². The van der Waals surface area contributed by atoms with E-state index in [1.807, 2.05) is 30.3 Å². The summed E-state index contributed by atoms with van der Waals surface area (Å²) in [6, 6.07) is 15.7. The summed E-state index contributed by atoms with van der Waals surface area (Å²) in [6.45, 7) is 4.16. The first-order chi connectivity index (χ1) is 13.0. The van der Waals surface area contributed by atoms with Crippen LogP contribution in [0, 0.1) is 13.8 Å². The Labute approximate surface area is 164 Å². The maximum atomic E-state index is 12.5. The molecule has 0 radical (unpaired) electrons. The van der Waals surface area contributed by atoms with E-state index in [1.54, 1.807) is 11.8 Å². The number of hydrogen-bond acceptors (Lipinski definition) is 4. The number of ether oxygens (including phenoxy) is 1. The average molecular weight is 384 g/mol. The minimum Gasteiger partial charge on any atom is -0.447 e. The summed E-state index contributed by atoms with van der Waals surface area (Å²) < 4.78 is 5.54. The molecule has 0 aliphatic heterocycles. The molecule has 1 saturated carbocycles. The van der Waals surface area contributed by atoms with Crippen LogP contribution >= 0.6 is 11.8 Å². The second kappa shape index (κ2) is 9.09. The largest absolute Gasteiger partial charge is 0.447 e. The lowest BCUT2D eigenvalue weighted by Crippen LogP contribution is -2.33. The third kappa shape index (κ3) is 5.86. The highest BCUT2D eigenvalue weighted by Crippen LogP contribution is 2.25. The first-order valence-electron chi connectivity index (χ1n) is 9.28. The van der Waals surface area contributed by atoms with Gasteiger partial charge in [-0.25, -0.2) is 0 Å². The third-order valence-electron chi connectivity index (χ3n) is 4.57. The lowest BCUT2D eigenvalue weighted by Gasteiger charge is -2.18. The van der Waals surface area contributed by atoms with E-state index in [9.17, 15) is 9.59 Å². The van der Waals surface area contributed by atoms with Crippen molar-refractivity contribution in [2.24, 2.45) is 0 Å². The fourth-order valence-corrected chi connectivity index (χ4v) is 3.58. The molecule has 1 aliphatic rings. The summed E-state index contributed by atoms with van der Waals surface area (Å²) >= 11 is 1.62. The summed E-state index contributed by atoms with van der Waals surface area (Å²) in [5, 5.41) is 2.93. The van der Waals surface area contributed by atoms with Gasteiger partial charge in [0, 0.05) is 22.3 Å². The maximum Gasteiger partial charge on any atom is 0.307 e. The van der Waals surface area contributed by atoms with Crippen molar-refractivity contribution in [2.45, 2.75) is 50.2 Å². The Hall–Kier alpha value is -2.27. The Morgan fingerprint density at radius 1 is 1.11 bits per heavy atom. The molecule has 1 amide bonds. The van der Waals surface area contributed by atoms with Crippen LogP contribution in [0.2, 0.25) is 0 Å². The summed E-state index contributed by atoms with van der Waals surface area (Å²) in [5.41, 5.74) is 3.19. The predicted octanol–water partition coefficient (Wildman–Crippen LogP) is 4.35. The van der Waals surface area contributed by atoms with Gasteiger partial charge < -0.3 is 10.1 Å². The summed E-state index contributed by atoms with van der Waals surface area (Å²) in [6.07, 6.45) is 1.37. The molecule has 0 aromatic heterocycles. The van der Waals surface area contributed by atoms with Crippen molar-refractivity contribution in [3.05, 3.63) is 65.2 Å². The van der Waals surface area contributed by atoms with Crippen molar-refractivity contribution >= 4 is 23.6 Å². The Bertz CT molecular complexity index is 802. The van der Waals surface area contributed by atoms with Crippen LogP contribution in [-0.4, -0.2) is 23.7 Å². The summed E-state index contributed by atoms with van der Waals surface area (Å²) in [4.78, 5) is 26.0. The van der Waals surface area contributed by atoms with Crippen molar-refractivity contribution in [1.29, 1.82) is 0 Å². The fourth-order valence-electron chi connectivity index (χ4n) is 2.65. The van der Waals surface area contributed by atoms with Gasteiger partial charge in [-0.1, -0.05) is 36.4 Å². The Morgan fingerprint density at radius 2 is 1.85 bits per heavy atom. The number of benzene rings is 2. The molecule has 1 N–H and O–H groups in total. The van der Waals surface area contributed by atoms with Crippen molar-refractivity contribution in [2.75, 3.05) is 5.75 Å². The van der Waals surface area contributed by atoms with Crippen LogP contribution in [0.1, 0.15) is 42.1 Å². The number of thioether (sulfide) groups is 1. The average Bonchev–Trinajstić information content (AvgIpc) is 3.47. The molecule has 3 rings (SSSR count). The molecule has 1 aliphatic carbocycles. The molecule has 0 unspecified atom stereocenters. The monoisotopic (exact) mass is 383 g/mol. The number of rotatable bonds is 8. The van der Waals surface area contributed by atoms with Crippen LogP contribution in [-0.2, 0) is 14.3 Å². The van der Waals surface area contributed by atoms with Gasteiger partial charge in [-0.05, 0) is 49.9 Å². The van der Waals surface area contributed by atoms with E-state index in [0.29, 0.717) is 11.3 Å². The molecule has 2 aromatic carbocycles. The van der Waals surface area contributed by atoms with Gasteiger partial charge in [0.1, 0.15) is 0 Å². The van der Waals surface area contributed by atoms with Crippen molar-refractivity contribution in [3.8, 4) is 0 Å². The minimum atomic E-state index is -0.883. The zero-order chi connectivity index (χ0) is 19.2. The summed E-state index contributed by atoms with van der Waals surface area (Å²) in [5.74, 6) is 0.0255. The van der Waals surface area contributed by atoms with E-state index in [0.717, 1.165) is 17.7 Å². The van der Waals surface area contributed by atoms with E-state index >= 15 is 0 Å². The molecule has 1 fully saturated rings. The fraction of sp³-hybridized carbons (Fsp3) is 0.364. The van der Waals surface area contributed by atoms with Gasteiger partial charge in [0.2, 0.25) is 6.10 Å². The lowest BCUT2D eigenvalue weighted by molar-refractivity contribution is -0.156. The molecule has 5 heteroatoms. The molecule has 0 spiro atoms. The molecule has 0 saturated heterocycles. The first-order valence-corrected chi connectivity index (χ1v) is 10.3. The number of carbonyl (C=O) groups is 2. The molecule has 1 atom stereocenters. The van der Waals surface area contributed by atoms with Crippen LogP contribution in [0.5, 0.6) is 0 Å². The lowest BCUT2D eigenvalue weighted by atomic mass is 10.1. The van der Waals surface area contributed by atoms with Crippen LogP contribution in [0.4, 0.5) is 0 Å². The molecule has 4 nitrogen and oxygen atoms in total. The van der Waals surface area contributed by atoms with E-state index in [4.69, 9.17) is 4.74 Å².